The van der Waals surface area contributed by atoms with Crippen LogP contribution in [-0.4, -0.2) is 0 Å². The van der Waals surface area contributed by atoms with Gasteiger partial charge in [0.05, 0.1) is 0 Å². The zero-order valence-electron chi connectivity index (χ0n) is 10.6. The molecule has 3 aromatic carbocycles. The Kier molecular flexibility index (Phi) is 3.42. The first-order valence-corrected chi connectivity index (χ1v) is 6.42. The molecule has 0 unspecified atom stereocenters. The van der Waals surface area contributed by atoms with E-state index in [1.807, 2.05) is 24.3 Å². The van der Waals surface area contributed by atoms with Crippen molar-refractivity contribution in [2.24, 2.45) is 0 Å². The van der Waals surface area contributed by atoms with Crippen molar-refractivity contribution in [3.8, 4) is 0 Å². The molecule has 0 aliphatic rings. The average Bonchev–Trinajstić information content (AvgIpc) is 2.51. The van der Waals surface area contributed by atoms with Crippen LogP contribution in [0, 0.1) is 12.1 Å². The van der Waals surface area contributed by atoms with Gasteiger partial charge < -0.3 is 0 Å². The van der Waals surface area contributed by atoms with Crippen molar-refractivity contribution < 1.29 is 0 Å². The molecule has 0 heteroatoms. The molecular weight excluding hydrogens is 228 g/mol. The van der Waals surface area contributed by atoms with Crippen LogP contribution in [0.4, 0.5) is 0 Å². The Balaban J connectivity index is 2.12. The molecule has 0 nitrogen and oxygen atoms in total. The SMILES string of the molecule is [c]1ccc(C(c2cc[c]cc2)c2ccccc2)cc1. The molecule has 3 aromatic rings. The second kappa shape index (κ2) is 5.53. The van der Waals surface area contributed by atoms with Crippen LogP contribution in [0.25, 0.3) is 0 Å². The van der Waals surface area contributed by atoms with Gasteiger partial charge in [-0.15, -0.1) is 0 Å². The van der Waals surface area contributed by atoms with Gasteiger partial charge in [-0.2, -0.15) is 0 Å². The molecule has 90 valence electrons. The average molecular weight is 242 g/mol. The third-order valence-corrected chi connectivity index (χ3v) is 3.29. The van der Waals surface area contributed by atoms with E-state index in [-0.39, 0.29) is 5.92 Å². The lowest BCUT2D eigenvalue weighted by molar-refractivity contribution is 0.977. The van der Waals surface area contributed by atoms with Crippen LogP contribution in [0.5, 0.6) is 0 Å². The van der Waals surface area contributed by atoms with Gasteiger partial charge in [-0.05, 0) is 28.8 Å². The molecule has 0 saturated carbocycles. The Morgan fingerprint density at radius 1 is 0.526 bits per heavy atom. The molecule has 0 fully saturated rings. The highest BCUT2D eigenvalue weighted by Gasteiger charge is 2.15. The van der Waals surface area contributed by atoms with Crippen LogP contribution in [0.15, 0.2) is 78.9 Å². The van der Waals surface area contributed by atoms with E-state index in [1.54, 1.807) is 0 Å². The molecular formula is C19H14. The number of rotatable bonds is 3. The Morgan fingerprint density at radius 2 is 0.947 bits per heavy atom. The molecule has 2 radical (unpaired) electrons. The van der Waals surface area contributed by atoms with E-state index in [0.29, 0.717) is 0 Å². The van der Waals surface area contributed by atoms with Gasteiger partial charge in [0, 0.05) is 5.92 Å². The van der Waals surface area contributed by atoms with E-state index < -0.39 is 0 Å². The Hall–Kier alpha value is -2.34. The fourth-order valence-electron chi connectivity index (χ4n) is 2.41. The lowest BCUT2D eigenvalue weighted by atomic mass is 9.85. The summed E-state index contributed by atoms with van der Waals surface area (Å²) < 4.78 is 0. The number of hydrogen-bond donors (Lipinski definition) is 0. The second-order valence-corrected chi connectivity index (χ2v) is 4.51. The van der Waals surface area contributed by atoms with Gasteiger partial charge in [0.2, 0.25) is 0 Å². The molecule has 0 spiro atoms. The molecule has 0 aromatic heterocycles. The lowest BCUT2D eigenvalue weighted by Gasteiger charge is -2.18. The molecule has 0 bridgehead atoms. The van der Waals surface area contributed by atoms with Gasteiger partial charge in [-0.1, -0.05) is 78.9 Å². The van der Waals surface area contributed by atoms with Crippen LogP contribution < -0.4 is 0 Å². The van der Waals surface area contributed by atoms with E-state index in [9.17, 15) is 0 Å². The summed E-state index contributed by atoms with van der Waals surface area (Å²) in [4.78, 5) is 0. The van der Waals surface area contributed by atoms with Gasteiger partial charge in [0.15, 0.2) is 0 Å². The third-order valence-electron chi connectivity index (χ3n) is 3.29. The zero-order valence-corrected chi connectivity index (χ0v) is 10.6. The van der Waals surface area contributed by atoms with E-state index in [0.717, 1.165) is 0 Å². The molecule has 0 heterocycles. The van der Waals surface area contributed by atoms with Crippen molar-refractivity contribution >= 4 is 0 Å². The Bertz CT molecular complexity index is 518. The minimum atomic E-state index is 0.269. The monoisotopic (exact) mass is 242 g/mol. The summed E-state index contributed by atoms with van der Waals surface area (Å²) in [6.07, 6.45) is 0. The molecule has 0 atom stereocenters. The molecule has 0 aliphatic carbocycles. The first kappa shape index (κ1) is 11.7. The van der Waals surface area contributed by atoms with E-state index in [2.05, 4.69) is 66.7 Å². The lowest BCUT2D eigenvalue weighted by Crippen LogP contribution is -2.02. The summed E-state index contributed by atoms with van der Waals surface area (Å²) in [7, 11) is 0. The highest BCUT2D eigenvalue weighted by atomic mass is 14.2. The summed E-state index contributed by atoms with van der Waals surface area (Å²) in [6, 6.07) is 33.2. The Morgan fingerprint density at radius 3 is 1.42 bits per heavy atom. The van der Waals surface area contributed by atoms with Gasteiger partial charge >= 0.3 is 0 Å². The van der Waals surface area contributed by atoms with Crippen molar-refractivity contribution in [1.82, 2.24) is 0 Å². The molecule has 0 amide bonds. The van der Waals surface area contributed by atoms with Crippen molar-refractivity contribution in [1.29, 1.82) is 0 Å². The fraction of sp³-hybridized carbons (Fsp3) is 0.0526. The molecule has 0 N–H and O–H groups in total. The molecule has 19 heavy (non-hydrogen) atoms. The van der Waals surface area contributed by atoms with Crippen LogP contribution >= 0.6 is 0 Å². The molecule has 0 saturated heterocycles. The van der Waals surface area contributed by atoms with Crippen LogP contribution in [0.3, 0.4) is 0 Å². The smallest absolute Gasteiger partial charge is 0.0340 e. The van der Waals surface area contributed by atoms with Gasteiger partial charge in [0.25, 0.3) is 0 Å². The van der Waals surface area contributed by atoms with Crippen LogP contribution in [-0.2, 0) is 0 Å². The van der Waals surface area contributed by atoms with E-state index in [4.69, 9.17) is 0 Å². The number of benzene rings is 3. The van der Waals surface area contributed by atoms with E-state index in [1.165, 1.54) is 16.7 Å². The Labute approximate surface area is 114 Å². The molecule has 3 rings (SSSR count). The van der Waals surface area contributed by atoms with Crippen LogP contribution in [0.2, 0.25) is 0 Å². The summed E-state index contributed by atoms with van der Waals surface area (Å²) >= 11 is 0. The van der Waals surface area contributed by atoms with Gasteiger partial charge in [0.1, 0.15) is 0 Å². The highest BCUT2D eigenvalue weighted by Crippen LogP contribution is 2.31. The number of hydrogen-bond acceptors (Lipinski definition) is 0. The fourth-order valence-corrected chi connectivity index (χ4v) is 2.41. The van der Waals surface area contributed by atoms with Gasteiger partial charge in [-0.25, -0.2) is 0 Å². The maximum absolute atomic E-state index is 3.08. The summed E-state index contributed by atoms with van der Waals surface area (Å²) in [6.45, 7) is 0. The van der Waals surface area contributed by atoms with Crippen molar-refractivity contribution in [3.63, 3.8) is 0 Å². The first-order chi connectivity index (χ1) is 9.45. The minimum absolute atomic E-state index is 0.269. The van der Waals surface area contributed by atoms with E-state index >= 15 is 0 Å². The van der Waals surface area contributed by atoms with Crippen molar-refractivity contribution in [2.75, 3.05) is 0 Å². The summed E-state index contributed by atoms with van der Waals surface area (Å²) in [5.41, 5.74) is 3.88. The highest BCUT2D eigenvalue weighted by molar-refractivity contribution is 5.42. The maximum atomic E-state index is 3.08. The maximum Gasteiger partial charge on any atom is 0.0340 e. The summed E-state index contributed by atoms with van der Waals surface area (Å²) in [5, 5.41) is 0. The van der Waals surface area contributed by atoms with Crippen molar-refractivity contribution in [3.05, 3.63) is 108 Å². The zero-order chi connectivity index (χ0) is 12.9. The first-order valence-electron chi connectivity index (χ1n) is 6.42. The second-order valence-electron chi connectivity index (χ2n) is 4.51. The standard InChI is InChI=1S/C19H14/c1-4-10-16(11-5-1)19(17-12-6-2-7-13-17)18-14-8-3-9-15-18/h1,4-15,19H. The normalized spacial score (nSPS) is 10.6. The van der Waals surface area contributed by atoms with Crippen molar-refractivity contribution in [2.45, 2.75) is 5.92 Å². The molecule has 0 aliphatic heterocycles. The quantitative estimate of drug-likeness (QED) is 0.594. The minimum Gasteiger partial charge on any atom is -0.0622 e. The van der Waals surface area contributed by atoms with Crippen LogP contribution in [0.1, 0.15) is 22.6 Å². The van der Waals surface area contributed by atoms with Gasteiger partial charge in [-0.3, -0.25) is 0 Å². The predicted octanol–water partition coefficient (Wildman–Crippen LogP) is 4.47. The largest absolute Gasteiger partial charge is 0.0622 e. The predicted molar refractivity (Wildman–Crippen MR) is 77.9 cm³/mol. The summed E-state index contributed by atoms with van der Waals surface area (Å²) in [5.74, 6) is 0.269. The third kappa shape index (κ3) is 2.58. The topological polar surface area (TPSA) is 0 Å².